The molecule has 0 bridgehead atoms. The van der Waals surface area contributed by atoms with Crippen molar-refractivity contribution in [3.05, 3.63) is 85.1 Å². The predicted octanol–water partition coefficient (Wildman–Crippen LogP) is 24.6. The van der Waals surface area contributed by atoms with Crippen LogP contribution in [0.3, 0.4) is 0 Å². The van der Waals surface area contributed by atoms with Gasteiger partial charge >= 0.3 is 17.9 Å². The van der Waals surface area contributed by atoms with Gasteiger partial charge < -0.3 is 14.2 Å². The highest BCUT2D eigenvalue weighted by Gasteiger charge is 2.19. The molecule has 0 aliphatic rings. The third-order valence-corrected chi connectivity index (χ3v) is 15.6. The third-order valence-electron chi connectivity index (χ3n) is 15.6. The summed E-state index contributed by atoms with van der Waals surface area (Å²) in [6.07, 6.45) is 93.5. The Morgan fingerprint density at radius 2 is 0.488 bits per heavy atom. The van der Waals surface area contributed by atoms with E-state index in [1.165, 1.54) is 199 Å². The largest absolute Gasteiger partial charge is 0.462 e. The van der Waals surface area contributed by atoms with Crippen molar-refractivity contribution < 1.29 is 28.6 Å². The Labute approximate surface area is 509 Å². The van der Waals surface area contributed by atoms with Crippen molar-refractivity contribution in [2.24, 2.45) is 0 Å². The molecule has 0 saturated carbocycles. The van der Waals surface area contributed by atoms with Gasteiger partial charge in [-0.2, -0.15) is 0 Å². The van der Waals surface area contributed by atoms with E-state index in [0.717, 1.165) is 122 Å². The monoisotopic (exact) mass is 1140 g/mol. The summed E-state index contributed by atoms with van der Waals surface area (Å²) >= 11 is 0. The van der Waals surface area contributed by atoms with E-state index in [4.69, 9.17) is 14.2 Å². The van der Waals surface area contributed by atoms with Crippen LogP contribution in [0, 0.1) is 0 Å². The maximum atomic E-state index is 12.9. The Bertz CT molecular complexity index is 1550. The van der Waals surface area contributed by atoms with Crippen molar-refractivity contribution in [2.75, 3.05) is 13.2 Å². The molecule has 474 valence electrons. The molecule has 0 rings (SSSR count). The molecule has 1 unspecified atom stereocenters. The van der Waals surface area contributed by atoms with Gasteiger partial charge in [-0.15, -0.1) is 0 Å². The molecule has 0 aliphatic carbocycles. The molecular weight excluding hydrogens is 1010 g/mol. The van der Waals surface area contributed by atoms with E-state index in [2.05, 4.69) is 106 Å². The fraction of sp³-hybridized carbons (Fsp3) is 0.776. The molecule has 0 radical (unpaired) electrons. The zero-order valence-electron chi connectivity index (χ0n) is 54.5. The molecule has 1 atom stereocenters. The van der Waals surface area contributed by atoms with Crippen LogP contribution < -0.4 is 0 Å². The average Bonchev–Trinajstić information content (AvgIpc) is 3.47. The van der Waals surface area contributed by atoms with Crippen LogP contribution in [0.5, 0.6) is 0 Å². The molecule has 0 aromatic rings. The van der Waals surface area contributed by atoms with E-state index in [1.54, 1.807) is 0 Å². The Balaban J connectivity index is 4.10. The molecule has 6 heteroatoms. The van der Waals surface area contributed by atoms with E-state index < -0.39 is 6.10 Å². The summed E-state index contributed by atoms with van der Waals surface area (Å²) in [4.78, 5) is 38.3. The number of carbonyl (C=O) groups excluding carboxylic acids is 3. The van der Waals surface area contributed by atoms with Crippen LogP contribution in [0.25, 0.3) is 0 Å². The summed E-state index contributed by atoms with van der Waals surface area (Å²) in [7, 11) is 0. The number of carbonyl (C=O) groups is 3. The second kappa shape index (κ2) is 70.1. The molecule has 0 N–H and O–H groups in total. The van der Waals surface area contributed by atoms with Crippen LogP contribution in [0.4, 0.5) is 0 Å². The first kappa shape index (κ1) is 78.6. The van der Waals surface area contributed by atoms with Crippen molar-refractivity contribution >= 4 is 17.9 Å². The van der Waals surface area contributed by atoms with Gasteiger partial charge in [-0.3, -0.25) is 14.4 Å². The number of rotatable bonds is 65. The average molecular weight is 1140 g/mol. The molecule has 0 aromatic carbocycles. The minimum absolute atomic E-state index is 0.0851. The van der Waals surface area contributed by atoms with Crippen LogP contribution in [0.1, 0.15) is 361 Å². The number of ether oxygens (including phenoxy) is 3. The second-order valence-electron chi connectivity index (χ2n) is 23.8. The minimum Gasteiger partial charge on any atom is -0.462 e. The van der Waals surface area contributed by atoms with Gasteiger partial charge in [0, 0.05) is 19.3 Å². The smallest absolute Gasteiger partial charge is 0.306 e. The van der Waals surface area contributed by atoms with Crippen LogP contribution in [0.2, 0.25) is 0 Å². The predicted molar refractivity (Wildman–Crippen MR) is 358 cm³/mol. The van der Waals surface area contributed by atoms with Gasteiger partial charge in [-0.25, -0.2) is 0 Å². The lowest BCUT2D eigenvalue weighted by Crippen LogP contribution is -2.30. The highest BCUT2D eigenvalue weighted by molar-refractivity contribution is 5.71. The first-order valence-corrected chi connectivity index (χ1v) is 35.6. The van der Waals surface area contributed by atoms with Crippen molar-refractivity contribution in [3.63, 3.8) is 0 Å². The highest BCUT2D eigenvalue weighted by atomic mass is 16.6. The van der Waals surface area contributed by atoms with Crippen molar-refractivity contribution in [3.8, 4) is 0 Å². The number of hydrogen-bond donors (Lipinski definition) is 0. The first-order valence-electron chi connectivity index (χ1n) is 35.6. The van der Waals surface area contributed by atoms with Crippen LogP contribution in [0.15, 0.2) is 85.1 Å². The van der Waals surface area contributed by atoms with E-state index in [9.17, 15) is 14.4 Å². The van der Waals surface area contributed by atoms with Crippen molar-refractivity contribution in [2.45, 2.75) is 367 Å². The number of allylic oxidation sites excluding steroid dienone is 14. The van der Waals surface area contributed by atoms with Crippen LogP contribution in [-0.2, 0) is 28.6 Å². The fourth-order valence-electron chi connectivity index (χ4n) is 10.3. The fourth-order valence-corrected chi connectivity index (χ4v) is 10.3. The number of hydrogen-bond acceptors (Lipinski definition) is 6. The van der Waals surface area contributed by atoms with Gasteiger partial charge in [-0.05, 0) is 109 Å². The second-order valence-corrected chi connectivity index (χ2v) is 23.8. The quantitative estimate of drug-likeness (QED) is 0.0261. The lowest BCUT2D eigenvalue weighted by Gasteiger charge is -2.18. The normalized spacial score (nSPS) is 12.6. The van der Waals surface area contributed by atoms with Crippen molar-refractivity contribution in [1.29, 1.82) is 0 Å². The molecule has 6 nitrogen and oxygen atoms in total. The van der Waals surface area contributed by atoms with E-state index in [1.807, 2.05) is 0 Å². The minimum atomic E-state index is -0.791. The van der Waals surface area contributed by atoms with Gasteiger partial charge in [0.25, 0.3) is 0 Å². The lowest BCUT2D eigenvalue weighted by atomic mass is 10.0. The van der Waals surface area contributed by atoms with Gasteiger partial charge in [0.15, 0.2) is 6.10 Å². The molecule has 0 aromatic heterocycles. The van der Waals surface area contributed by atoms with Gasteiger partial charge in [0.05, 0.1) is 0 Å². The van der Waals surface area contributed by atoms with Crippen LogP contribution in [-0.4, -0.2) is 37.2 Å². The maximum absolute atomic E-state index is 12.9. The molecule has 0 heterocycles. The Morgan fingerprint density at radius 3 is 0.780 bits per heavy atom. The van der Waals surface area contributed by atoms with Crippen molar-refractivity contribution in [1.82, 2.24) is 0 Å². The summed E-state index contributed by atoms with van der Waals surface area (Å²) in [5.74, 6) is -0.901. The molecule has 0 spiro atoms. The molecule has 0 fully saturated rings. The molecular formula is C76H134O6. The zero-order valence-corrected chi connectivity index (χ0v) is 54.5. The van der Waals surface area contributed by atoms with Crippen LogP contribution >= 0.6 is 0 Å². The highest BCUT2D eigenvalue weighted by Crippen LogP contribution is 2.18. The lowest BCUT2D eigenvalue weighted by molar-refractivity contribution is -0.167. The summed E-state index contributed by atoms with van der Waals surface area (Å²) < 4.78 is 16.9. The summed E-state index contributed by atoms with van der Waals surface area (Å²) in [5.41, 5.74) is 0. The summed E-state index contributed by atoms with van der Waals surface area (Å²) in [6.45, 7) is 6.49. The van der Waals surface area contributed by atoms with E-state index in [0.29, 0.717) is 19.3 Å². The topological polar surface area (TPSA) is 78.9 Å². The Hall–Kier alpha value is -3.41. The SMILES string of the molecule is CC/C=C\C/C=C\C/C=C\CCCCCCCC(=O)OC(COC(=O)CCCCCCC/C=C\C/C=C\CCCC)COC(=O)CCCCCCCCCCCCCCCCCCCCCCCCC/C=C\C/C=C\CCCCCCC. The van der Waals surface area contributed by atoms with Gasteiger partial charge in [0.1, 0.15) is 13.2 Å². The maximum Gasteiger partial charge on any atom is 0.306 e. The molecule has 0 saturated heterocycles. The first-order chi connectivity index (χ1) is 40.5. The van der Waals surface area contributed by atoms with Gasteiger partial charge in [-0.1, -0.05) is 318 Å². The molecule has 0 aliphatic heterocycles. The molecule has 0 amide bonds. The zero-order chi connectivity index (χ0) is 59.2. The Kier molecular flexibility index (Phi) is 67.2. The third kappa shape index (κ3) is 67.4. The summed E-state index contributed by atoms with van der Waals surface area (Å²) in [6, 6.07) is 0. The number of esters is 3. The van der Waals surface area contributed by atoms with E-state index in [-0.39, 0.29) is 31.1 Å². The van der Waals surface area contributed by atoms with E-state index >= 15 is 0 Å². The van der Waals surface area contributed by atoms with Gasteiger partial charge in [0.2, 0.25) is 0 Å². The standard InChI is InChI=1S/C76H134O6/c1-4-7-10-13-16-19-22-25-28-29-30-31-32-33-34-35-36-37-38-39-40-41-42-43-44-45-46-47-49-51-54-57-60-63-66-69-75(78)81-72-73(71-80-74(77)68-65-62-59-56-53-50-27-24-21-18-15-12-9-6-3)82-76(79)70-67-64-61-58-55-52-48-26-23-20-17-14-11-8-5-2/h8,11,15,17-18,20,22,24-27,29-30,48,73H,4-7,9-10,12-14,16,19,21,23,28,31-47,49-72H2,1-3H3/b11-8-,18-15-,20-17-,25-22-,27-24-,30-29-,48-26-. The number of unbranched alkanes of at least 4 members (excludes halogenated alkanes) is 40. The summed E-state index contributed by atoms with van der Waals surface area (Å²) in [5, 5.41) is 0. The Morgan fingerprint density at radius 1 is 0.256 bits per heavy atom. The molecule has 82 heavy (non-hydrogen) atoms.